The van der Waals surface area contributed by atoms with E-state index in [2.05, 4.69) is 63.0 Å². The summed E-state index contributed by atoms with van der Waals surface area (Å²) >= 11 is 6.51. The molecule has 1 aromatic carbocycles. The van der Waals surface area contributed by atoms with E-state index in [-0.39, 0.29) is 10.8 Å². The van der Waals surface area contributed by atoms with E-state index in [4.69, 9.17) is 16.3 Å². The highest BCUT2D eigenvalue weighted by atomic mass is 35.5. The van der Waals surface area contributed by atoms with Crippen LogP contribution in [0.2, 0.25) is 5.02 Å². The van der Waals surface area contributed by atoms with Crippen molar-refractivity contribution >= 4 is 11.6 Å². The lowest BCUT2D eigenvalue weighted by Gasteiger charge is -2.27. The van der Waals surface area contributed by atoms with Gasteiger partial charge in [0, 0.05) is 11.6 Å². The normalized spacial score (nSPS) is 12.3. The Hall–Kier alpha value is -1.68. The second-order valence-electron chi connectivity index (χ2n) is 7.40. The standard InChI is InChI=1S/C17H22ClN3O/c1-16(2,3)11-9-12(17(4,5)6)15(13(18)10-11)22-14-7-8-19-21-20-14/h7-10H,1-6H3. The van der Waals surface area contributed by atoms with E-state index in [0.29, 0.717) is 16.7 Å². The van der Waals surface area contributed by atoms with Crippen molar-refractivity contribution in [2.45, 2.75) is 52.4 Å². The van der Waals surface area contributed by atoms with Gasteiger partial charge in [-0.2, -0.15) is 0 Å². The zero-order valence-corrected chi connectivity index (χ0v) is 14.7. The Balaban J connectivity index is 2.58. The van der Waals surface area contributed by atoms with Crippen LogP contribution in [0.15, 0.2) is 24.4 Å². The Labute approximate surface area is 136 Å². The molecule has 118 valence electrons. The van der Waals surface area contributed by atoms with E-state index in [9.17, 15) is 0 Å². The van der Waals surface area contributed by atoms with Crippen LogP contribution in [0.25, 0.3) is 0 Å². The molecule has 5 heteroatoms. The highest BCUT2D eigenvalue weighted by Gasteiger charge is 2.26. The second-order valence-corrected chi connectivity index (χ2v) is 7.80. The molecule has 0 amide bonds. The summed E-state index contributed by atoms with van der Waals surface area (Å²) in [6.45, 7) is 12.9. The third-order valence-corrected chi connectivity index (χ3v) is 3.68. The molecule has 1 aromatic heterocycles. The van der Waals surface area contributed by atoms with Gasteiger partial charge >= 0.3 is 0 Å². The predicted molar refractivity (Wildman–Crippen MR) is 88.8 cm³/mol. The molecular formula is C17H22ClN3O. The van der Waals surface area contributed by atoms with E-state index in [1.807, 2.05) is 6.07 Å². The van der Waals surface area contributed by atoms with Crippen molar-refractivity contribution in [2.24, 2.45) is 0 Å². The number of rotatable bonds is 2. The summed E-state index contributed by atoms with van der Waals surface area (Å²) in [5, 5.41) is 11.7. The summed E-state index contributed by atoms with van der Waals surface area (Å²) in [6, 6.07) is 5.78. The van der Waals surface area contributed by atoms with Crippen LogP contribution in [0, 0.1) is 0 Å². The van der Waals surface area contributed by atoms with E-state index in [1.54, 1.807) is 6.07 Å². The van der Waals surface area contributed by atoms with Crippen LogP contribution in [-0.4, -0.2) is 15.4 Å². The maximum absolute atomic E-state index is 6.51. The lowest BCUT2D eigenvalue weighted by molar-refractivity contribution is 0.429. The average Bonchev–Trinajstić information content (AvgIpc) is 2.39. The summed E-state index contributed by atoms with van der Waals surface area (Å²) in [6.07, 6.45) is 1.54. The minimum Gasteiger partial charge on any atom is -0.436 e. The first-order chi connectivity index (χ1) is 10.1. The van der Waals surface area contributed by atoms with Crippen LogP contribution >= 0.6 is 11.6 Å². The van der Waals surface area contributed by atoms with Gasteiger partial charge in [0.1, 0.15) is 0 Å². The fourth-order valence-corrected chi connectivity index (χ4v) is 2.33. The minimum atomic E-state index is -0.110. The Kier molecular flexibility index (Phi) is 4.43. The number of hydrogen-bond acceptors (Lipinski definition) is 4. The van der Waals surface area contributed by atoms with E-state index in [1.165, 1.54) is 11.8 Å². The first-order valence-corrected chi connectivity index (χ1v) is 7.63. The fourth-order valence-electron chi connectivity index (χ4n) is 2.08. The van der Waals surface area contributed by atoms with Crippen LogP contribution in [0.5, 0.6) is 11.6 Å². The molecule has 0 bridgehead atoms. The molecule has 2 aromatic rings. The maximum Gasteiger partial charge on any atom is 0.242 e. The van der Waals surface area contributed by atoms with E-state index >= 15 is 0 Å². The van der Waals surface area contributed by atoms with Crippen molar-refractivity contribution in [2.75, 3.05) is 0 Å². The number of nitrogens with zero attached hydrogens (tertiary/aromatic N) is 3. The summed E-state index contributed by atoms with van der Waals surface area (Å²) < 4.78 is 5.89. The largest absolute Gasteiger partial charge is 0.436 e. The average molecular weight is 320 g/mol. The minimum absolute atomic E-state index is 0.0125. The van der Waals surface area contributed by atoms with Gasteiger partial charge in [-0.25, -0.2) is 0 Å². The number of aromatic nitrogens is 3. The first-order valence-electron chi connectivity index (χ1n) is 7.26. The zero-order valence-electron chi connectivity index (χ0n) is 13.9. The molecule has 22 heavy (non-hydrogen) atoms. The predicted octanol–water partition coefficient (Wildman–Crippen LogP) is 4.91. The molecule has 0 spiro atoms. The van der Waals surface area contributed by atoms with Gasteiger partial charge in [-0.1, -0.05) is 64.3 Å². The molecule has 0 atom stereocenters. The molecule has 0 saturated carbocycles. The maximum atomic E-state index is 6.51. The Bertz CT molecular complexity index is 658. The molecule has 0 fully saturated rings. The number of ether oxygens (including phenoxy) is 1. The molecule has 0 N–H and O–H groups in total. The molecule has 0 aliphatic carbocycles. The molecule has 0 aliphatic heterocycles. The molecule has 0 unspecified atom stereocenters. The molecule has 0 radical (unpaired) electrons. The quantitative estimate of drug-likeness (QED) is 0.789. The molecular weight excluding hydrogens is 298 g/mol. The monoisotopic (exact) mass is 319 g/mol. The van der Waals surface area contributed by atoms with Gasteiger partial charge in [0.2, 0.25) is 5.88 Å². The highest BCUT2D eigenvalue weighted by Crippen LogP contribution is 2.42. The number of benzene rings is 1. The van der Waals surface area contributed by atoms with Crippen molar-refractivity contribution in [1.29, 1.82) is 0 Å². The third-order valence-electron chi connectivity index (χ3n) is 3.40. The molecule has 0 aliphatic rings. The van der Waals surface area contributed by atoms with Crippen molar-refractivity contribution in [3.05, 3.63) is 40.5 Å². The summed E-state index contributed by atoms with van der Waals surface area (Å²) in [5.41, 5.74) is 2.12. The van der Waals surface area contributed by atoms with E-state index < -0.39 is 0 Å². The van der Waals surface area contributed by atoms with Crippen molar-refractivity contribution < 1.29 is 4.74 Å². The number of hydrogen-bond donors (Lipinski definition) is 0. The SMILES string of the molecule is CC(C)(C)c1cc(Cl)c(Oc2ccnnn2)c(C(C)(C)C)c1. The van der Waals surface area contributed by atoms with Gasteiger partial charge < -0.3 is 4.74 Å². The van der Waals surface area contributed by atoms with Gasteiger partial charge in [-0.15, -0.1) is 5.10 Å². The first kappa shape index (κ1) is 16.7. The van der Waals surface area contributed by atoms with Crippen LogP contribution < -0.4 is 4.74 Å². The van der Waals surface area contributed by atoms with Gasteiger partial charge in [0.05, 0.1) is 11.2 Å². The third kappa shape index (κ3) is 3.74. The summed E-state index contributed by atoms with van der Waals surface area (Å²) in [5.74, 6) is 1.01. The van der Waals surface area contributed by atoms with Gasteiger partial charge in [-0.05, 0) is 27.7 Å². The van der Waals surface area contributed by atoms with Gasteiger partial charge in [-0.3, -0.25) is 0 Å². The topological polar surface area (TPSA) is 47.9 Å². The van der Waals surface area contributed by atoms with Crippen LogP contribution in [-0.2, 0) is 10.8 Å². The Morgan fingerprint density at radius 1 is 1.00 bits per heavy atom. The highest BCUT2D eigenvalue weighted by molar-refractivity contribution is 6.32. The van der Waals surface area contributed by atoms with Crippen LogP contribution in [0.4, 0.5) is 0 Å². The fraction of sp³-hybridized carbons (Fsp3) is 0.471. The van der Waals surface area contributed by atoms with Gasteiger partial charge in [0.15, 0.2) is 5.75 Å². The van der Waals surface area contributed by atoms with E-state index in [0.717, 1.165) is 5.56 Å². The van der Waals surface area contributed by atoms with Gasteiger partial charge in [0.25, 0.3) is 0 Å². The van der Waals surface area contributed by atoms with Crippen LogP contribution in [0.3, 0.4) is 0 Å². The zero-order chi connectivity index (χ0) is 16.5. The molecule has 4 nitrogen and oxygen atoms in total. The Morgan fingerprint density at radius 2 is 1.68 bits per heavy atom. The smallest absolute Gasteiger partial charge is 0.242 e. The lowest BCUT2D eigenvalue weighted by atomic mass is 9.80. The molecule has 2 rings (SSSR count). The summed E-state index contributed by atoms with van der Waals surface area (Å²) in [4.78, 5) is 0. The van der Waals surface area contributed by atoms with Crippen molar-refractivity contribution in [3.8, 4) is 11.6 Å². The number of halogens is 1. The lowest BCUT2D eigenvalue weighted by Crippen LogP contribution is -2.17. The second kappa shape index (κ2) is 5.84. The van der Waals surface area contributed by atoms with Crippen molar-refractivity contribution in [3.63, 3.8) is 0 Å². The Morgan fingerprint density at radius 3 is 2.18 bits per heavy atom. The summed E-state index contributed by atoms with van der Waals surface area (Å²) in [7, 11) is 0. The van der Waals surface area contributed by atoms with Crippen LogP contribution in [0.1, 0.15) is 52.7 Å². The molecule has 0 saturated heterocycles. The molecule has 1 heterocycles. The van der Waals surface area contributed by atoms with Crippen molar-refractivity contribution in [1.82, 2.24) is 15.4 Å².